The minimum atomic E-state index is -3.44. The first-order chi connectivity index (χ1) is 19.0. The van der Waals surface area contributed by atoms with Crippen molar-refractivity contribution in [3.05, 3.63) is 113 Å². The number of rotatable bonds is 9. The maximum atomic E-state index is 13.7. The molecule has 1 atom stereocenters. The van der Waals surface area contributed by atoms with Crippen molar-refractivity contribution < 1.29 is 22.4 Å². The molecule has 0 fully saturated rings. The van der Waals surface area contributed by atoms with Gasteiger partial charge in [-0.25, -0.2) is 22.6 Å². The molecule has 40 heavy (non-hydrogen) atoms. The zero-order valence-electron chi connectivity index (χ0n) is 22.0. The minimum Gasteiger partial charge on any atom is -0.348 e. The van der Waals surface area contributed by atoms with Gasteiger partial charge in [0.25, 0.3) is 5.91 Å². The number of urea groups is 1. The van der Waals surface area contributed by atoms with E-state index in [0.717, 1.165) is 23.7 Å². The number of amides is 3. The Bertz CT molecular complexity index is 1580. The third kappa shape index (κ3) is 6.89. The molecule has 2 aromatic heterocycles. The summed E-state index contributed by atoms with van der Waals surface area (Å²) in [6.07, 6.45) is 10.5. The van der Waals surface area contributed by atoms with Crippen molar-refractivity contribution in [1.82, 2.24) is 25.2 Å². The van der Waals surface area contributed by atoms with Crippen molar-refractivity contribution in [2.45, 2.75) is 25.8 Å². The van der Waals surface area contributed by atoms with Crippen LogP contribution in [0.15, 0.2) is 84.5 Å². The lowest BCUT2D eigenvalue weighted by atomic mass is 9.90. The zero-order chi connectivity index (χ0) is 28.9. The maximum absolute atomic E-state index is 13.7. The number of hydrogen-bond acceptors (Lipinski definition) is 6. The zero-order valence-corrected chi connectivity index (χ0v) is 22.8. The van der Waals surface area contributed by atoms with Gasteiger partial charge in [0.1, 0.15) is 5.82 Å². The van der Waals surface area contributed by atoms with E-state index in [2.05, 4.69) is 32.2 Å². The maximum Gasteiger partial charge on any atom is 0.323 e. The predicted octanol–water partition coefficient (Wildman–Crippen LogP) is 4.07. The number of aromatic nitrogens is 3. The molecule has 3 heterocycles. The molecule has 1 aliphatic heterocycles. The molecule has 1 aliphatic rings. The van der Waals surface area contributed by atoms with Crippen LogP contribution in [0.5, 0.6) is 0 Å². The van der Waals surface area contributed by atoms with Gasteiger partial charge < -0.3 is 20.5 Å². The highest BCUT2D eigenvalue weighted by molar-refractivity contribution is 7.94. The van der Waals surface area contributed by atoms with E-state index in [-0.39, 0.29) is 16.9 Å². The number of nitrogens with one attached hydrogen (secondary N) is 3. The molecule has 0 aliphatic carbocycles. The number of pyridine rings is 1. The fourth-order valence-corrected chi connectivity index (χ4v) is 4.97. The number of allylic oxidation sites excluding steroid dienone is 4. The van der Waals surface area contributed by atoms with E-state index in [9.17, 15) is 22.4 Å². The normalized spacial score (nSPS) is 15.9. The average molecular weight is 565 g/mol. The first-order valence-electron chi connectivity index (χ1n) is 12.4. The summed E-state index contributed by atoms with van der Waals surface area (Å²) in [4.78, 5) is 39.3. The summed E-state index contributed by atoms with van der Waals surface area (Å²) < 4.78 is 36.9. The molecule has 3 amide bonds. The fraction of sp³-hybridized carbons (Fsp3) is 0.214. The first kappa shape index (κ1) is 28.4. The number of hydrogen-bond donors (Lipinski definition) is 3. The molecular formula is C28H29FN6O4S. The molecular weight excluding hydrogens is 535 g/mol. The number of carbonyl (C=O) groups excluding carboxylic acids is 2. The molecule has 3 aromatic rings. The quantitative estimate of drug-likeness (QED) is 0.335. The second-order valence-electron chi connectivity index (χ2n) is 9.29. The van der Waals surface area contributed by atoms with E-state index in [1.165, 1.54) is 24.3 Å². The lowest BCUT2D eigenvalue weighted by Gasteiger charge is -2.36. The number of sulfone groups is 1. The van der Waals surface area contributed by atoms with Gasteiger partial charge in [-0.05, 0) is 55.3 Å². The lowest BCUT2D eigenvalue weighted by Crippen LogP contribution is -2.42. The Labute approximate surface area is 231 Å². The standard InChI is InChI=1S/C28H29FN6O4S/c1-4-23(40(3,38)39)9-5-18(2)33-28(37)34-21-8-6-19-13-26(25-10-7-20(29)15-31-25)35(27(36)24(19)14-21)12-11-22-16-30-17-32-22/h4-10,14-17,26H,1,11-13H2,2-3H3,(H,30,32)(H2,33,34,37)/b18-5+,23-9+. The molecule has 0 spiro atoms. The van der Waals surface area contributed by atoms with E-state index in [4.69, 9.17) is 0 Å². The van der Waals surface area contributed by atoms with E-state index in [0.29, 0.717) is 42.0 Å². The summed E-state index contributed by atoms with van der Waals surface area (Å²) in [6, 6.07) is 7.05. The van der Waals surface area contributed by atoms with Crippen molar-refractivity contribution in [2.24, 2.45) is 0 Å². The van der Waals surface area contributed by atoms with Crippen molar-refractivity contribution in [2.75, 3.05) is 18.1 Å². The summed E-state index contributed by atoms with van der Waals surface area (Å²) >= 11 is 0. The monoisotopic (exact) mass is 564 g/mol. The number of imidazole rings is 1. The molecule has 0 saturated heterocycles. The summed E-state index contributed by atoms with van der Waals surface area (Å²) in [6.45, 7) is 5.47. The van der Waals surface area contributed by atoms with Crippen LogP contribution in [0.1, 0.15) is 40.3 Å². The predicted molar refractivity (Wildman–Crippen MR) is 149 cm³/mol. The van der Waals surface area contributed by atoms with Gasteiger partial charge in [0.2, 0.25) is 0 Å². The number of carbonyl (C=O) groups is 2. The van der Waals surface area contributed by atoms with Crippen LogP contribution in [-0.4, -0.2) is 53.0 Å². The number of nitrogens with zero attached hydrogens (tertiary/aromatic N) is 3. The van der Waals surface area contributed by atoms with Crippen LogP contribution in [0.2, 0.25) is 0 Å². The molecule has 12 heteroatoms. The Morgan fingerprint density at radius 3 is 2.70 bits per heavy atom. The van der Waals surface area contributed by atoms with Crippen LogP contribution in [0.4, 0.5) is 14.9 Å². The summed E-state index contributed by atoms with van der Waals surface area (Å²) in [5, 5.41) is 5.33. The van der Waals surface area contributed by atoms with Crippen LogP contribution in [-0.2, 0) is 22.7 Å². The van der Waals surface area contributed by atoms with Crippen LogP contribution < -0.4 is 10.6 Å². The highest BCUT2D eigenvalue weighted by Gasteiger charge is 2.34. The number of anilines is 1. The number of halogens is 1. The second kappa shape index (κ2) is 12.1. The molecule has 0 bridgehead atoms. The van der Waals surface area contributed by atoms with E-state index < -0.39 is 21.7 Å². The SMILES string of the molecule is C=C/C(=C\C=C(/C)NC(=O)Nc1ccc2c(c1)C(=O)N(CCc1cnc[nH]1)C(c1ccc(F)cn1)C2)S(C)(=O)=O. The van der Waals surface area contributed by atoms with Crippen molar-refractivity contribution in [1.29, 1.82) is 0 Å². The Hall–Kier alpha value is -4.58. The lowest BCUT2D eigenvalue weighted by molar-refractivity contribution is 0.0645. The highest BCUT2D eigenvalue weighted by atomic mass is 32.2. The smallest absolute Gasteiger partial charge is 0.323 e. The Balaban J connectivity index is 1.53. The number of fused-ring (bicyclic) bond motifs is 1. The van der Waals surface area contributed by atoms with Gasteiger partial charge in [-0.2, -0.15) is 0 Å². The highest BCUT2D eigenvalue weighted by Crippen LogP contribution is 2.34. The van der Waals surface area contributed by atoms with Gasteiger partial charge >= 0.3 is 6.03 Å². The summed E-state index contributed by atoms with van der Waals surface area (Å²) in [5.41, 5.74) is 3.48. The fourth-order valence-electron chi connectivity index (χ4n) is 4.35. The van der Waals surface area contributed by atoms with Gasteiger partial charge in [0, 0.05) is 48.1 Å². The largest absolute Gasteiger partial charge is 0.348 e. The van der Waals surface area contributed by atoms with Crippen LogP contribution in [0.3, 0.4) is 0 Å². The van der Waals surface area contributed by atoms with Crippen molar-refractivity contribution in [3.8, 4) is 0 Å². The molecule has 3 N–H and O–H groups in total. The molecule has 0 radical (unpaired) electrons. The van der Waals surface area contributed by atoms with Crippen LogP contribution in [0.25, 0.3) is 0 Å². The second-order valence-corrected chi connectivity index (χ2v) is 11.3. The van der Waals surface area contributed by atoms with Gasteiger partial charge in [-0.3, -0.25) is 9.78 Å². The molecule has 1 unspecified atom stereocenters. The topological polar surface area (TPSA) is 137 Å². The number of benzene rings is 1. The Morgan fingerprint density at radius 1 is 1.25 bits per heavy atom. The third-order valence-corrected chi connectivity index (χ3v) is 7.51. The molecule has 0 saturated carbocycles. The molecule has 1 aromatic carbocycles. The van der Waals surface area contributed by atoms with E-state index in [1.807, 2.05) is 0 Å². The minimum absolute atomic E-state index is 0.0217. The molecule has 208 valence electrons. The summed E-state index contributed by atoms with van der Waals surface area (Å²) in [7, 11) is -3.44. The third-order valence-electron chi connectivity index (χ3n) is 6.35. The molecule has 4 rings (SSSR count). The van der Waals surface area contributed by atoms with Crippen molar-refractivity contribution >= 4 is 27.5 Å². The van der Waals surface area contributed by atoms with Gasteiger partial charge in [-0.15, -0.1) is 0 Å². The average Bonchev–Trinajstić information content (AvgIpc) is 3.42. The Morgan fingerprint density at radius 2 is 2.05 bits per heavy atom. The number of H-pyrrole nitrogens is 1. The van der Waals surface area contributed by atoms with Crippen molar-refractivity contribution in [3.63, 3.8) is 0 Å². The molecule has 10 nitrogen and oxygen atoms in total. The number of aromatic amines is 1. The van der Waals surface area contributed by atoms with Gasteiger partial charge in [0.15, 0.2) is 9.84 Å². The van der Waals surface area contributed by atoms with Crippen LogP contribution >= 0.6 is 0 Å². The van der Waals surface area contributed by atoms with E-state index >= 15 is 0 Å². The first-order valence-corrected chi connectivity index (χ1v) is 14.3. The summed E-state index contributed by atoms with van der Waals surface area (Å²) in [5.74, 6) is -0.693. The van der Waals surface area contributed by atoms with Gasteiger partial charge in [0.05, 0.1) is 29.2 Å². The van der Waals surface area contributed by atoms with E-state index in [1.54, 1.807) is 48.6 Å². The van der Waals surface area contributed by atoms with Gasteiger partial charge in [-0.1, -0.05) is 18.7 Å². The Kier molecular flexibility index (Phi) is 8.58. The van der Waals surface area contributed by atoms with Crippen LogP contribution in [0, 0.1) is 5.82 Å².